The summed E-state index contributed by atoms with van der Waals surface area (Å²) < 4.78 is 1.63. The number of pyridine rings is 1. The Morgan fingerprint density at radius 1 is 1.14 bits per heavy atom. The van der Waals surface area contributed by atoms with E-state index in [9.17, 15) is 14.7 Å². The minimum atomic E-state index is -0.293. The van der Waals surface area contributed by atoms with Gasteiger partial charge in [-0.25, -0.2) is 5.43 Å². The summed E-state index contributed by atoms with van der Waals surface area (Å²) in [5.74, 6) is 0.473. The second-order valence-electron chi connectivity index (χ2n) is 8.83. The zero-order valence-corrected chi connectivity index (χ0v) is 16.8. The maximum absolute atomic E-state index is 13.1. The average molecular weight is 396 g/mol. The predicted octanol–water partition coefficient (Wildman–Crippen LogP) is 1.51. The van der Waals surface area contributed by atoms with Crippen LogP contribution in [0.5, 0.6) is 5.75 Å². The lowest BCUT2D eigenvalue weighted by atomic mass is 9.79. The Labute approximate surface area is 169 Å². The third-order valence-corrected chi connectivity index (χ3v) is 7.26. The summed E-state index contributed by atoms with van der Waals surface area (Å²) >= 11 is 0. The highest BCUT2D eigenvalue weighted by Crippen LogP contribution is 2.37. The molecule has 1 aromatic rings. The molecule has 1 saturated carbocycles. The Bertz CT molecular complexity index is 991. The van der Waals surface area contributed by atoms with Crippen molar-refractivity contribution in [3.63, 3.8) is 0 Å². The third kappa shape index (κ3) is 2.94. The summed E-state index contributed by atoms with van der Waals surface area (Å²) in [6.07, 6.45) is 10.3. The molecule has 0 radical (unpaired) electrons. The van der Waals surface area contributed by atoms with Gasteiger partial charge >= 0.3 is 0 Å². The molecule has 4 aliphatic rings. The molecule has 0 spiro atoms. The van der Waals surface area contributed by atoms with Gasteiger partial charge in [0.15, 0.2) is 0 Å². The number of nitrogens with one attached hydrogen (secondary N) is 2. The van der Waals surface area contributed by atoms with Crippen molar-refractivity contribution in [3.05, 3.63) is 38.8 Å². The largest absolute Gasteiger partial charge is 0.507 e. The molecule has 7 heteroatoms. The van der Waals surface area contributed by atoms with Crippen molar-refractivity contribution in [1.82, 2.24) is 15.3 Å². The Balaban J connectivity index is 1.57. The van der Waals surface area contributed by atoms with Crippen LogP contribution in [0.2, 0.25) is 0 Å². The van der Waals surface area contributed by atoms with E-state index in [0.29, 0.717) is 23.2 Å². The number of aromatic nitrogens is 1. The van der Waals surface area contributed by atoms with Crippen LogP contribution in [-0.2, 0) is 24.7 Å². The first kappa shape index (κ1) is 18.6. The topological polar surface area (TPSA) is 95.7 Å². The molecular formula is C22H28N4O3. The molecule has 7 nitrogen and oxygen atoms in total. The number of hydrazone groups is 1. The van der Waals surface area contributed by atoms with Crippen LogP contribution in [0.25, 0.3) is 0 Å². The molecule has 2 fully saturated rings. The molecule has 1 saturated heterocycles. The third-order valence-electron chi connectivity index (χ3n) is 7.26. The summed E-state index contributed by atoms with van der Waals surface area (Å²) in [5, 5.41) is 18.8. The van der Waals surface area contributed by atoms with E-state index in [0.717, 1.165) is 49.9 Å². The van der Waals surface area contributed by atoms with E-state index in [4.69, 9.17) is 0 Å². The van der Waals surface area contributed by atoms with Crippen LogP contribution in [0, 0.1) is 11.8 Å². The fourth-order valence-electron chi connectivity index (χ4n) is 5.71. The minimum absolute atomic E-state index is 0.00374. The molecule has 3 unspecified atom stereocenters. The number of fused-ring (bicyclic) bond motifs is 2. The van der Waals surface area contributed by atoms with E-state index >= 15 is 0 Å². The molecule has 3 heterocycles. The van der Waals surface area contributed by atoms with Crippen molar-refractivity contribution in [1.29, 1.82) is 0 Å². The Morgan fingerprint density at radius 2 is 1.93 bits per heavy atom. The number of nitrogens with zero attached hydrogens (tertiary/aromatic N) is 2. The van der Waals surface area contributed by atoms with Crippen LogP contribution in [0.1, 0.15) is 55.3 Å². The lowest BCUT2D eigenvalue weighted by molar-refractivity contribution is -0.116. The molecule has 1 amide bonds. The second kappa shape index (κ2) is 7.13. The summed E-state index contributed by atoms with van der Waals surface area (Å²) in [7, 11) is 1.75. The van der Waals surface area contributed by atoms with Crippen molar-refractivity contribution in [2.45, 2.75) is 57.4 Å². The first-order chi connectivity index (χ1) is 14.1. The van der Waals surface area contributed by atoms with E-state index in [1.165, 1.54) is 19.3 Å². The number of rotatable bonds is 2. The van der Waals surface area contributed by atoms with E-state index in [1.54, 1.807) is 11.6 Å². The number of carbonyl (C=O) groups excluding carboxylic acids is 1. The smallest absolute Gasteiger partial charge is 0.273 e. The number of carbonyl (C=O) groups is 1. The Hall–Kier alpha value is -2.41. The van der Waals surface area contributed by atoms with Gasteiger partial charge < -0.3 is 15.0 Å². The predicted molar refractivity (Wildman–Crippen MR) is 110 cm³/mol. The van der Waals surface area contributed by atoms with Gasteiger partial charge in [0, 0.05) is 30.9 Å². The van der Waals surface area contributed by atoms with Gasteiger partial charge in [-0.15, -0.1) is 0 Å². The maximum Gasteiger partial charge on any atom is 0.273 e. The molecule has 2 aliphatic carbocycles. The van der Waals surface area contributed by atoms with E-state index in [1.807, 2.05) is 6.08 Å². The normalized spacial score (nSPS) is 30.1. The van der Waals surface area contributed by atoms with Crippen molar-refractivity contribution in [2.24, 2.45) is 24.0 Å². The van der Waals surface area contributed by atoms with E-state index in [2.05, 4.69) is 15.8 Å². The molecule has 5 rings (SSSR count). The monoisotopic (exact) mass is 396 g/mol. The van der Waals surface area contributed by atoms with Gasteiger partial charge in [0.05, 0.1) is 5.57 Å². The Kier molecular flexibility index (Phi) is 4.57. The molecule has 3 N–H and O–H groups in total. The van der Waals surface area contributed by atoms with Gasteiger partial charge in [0.1, 0.15) is 17.0 Å². The Morgan fingerprint density at radius 3 is 2.79 bits per heavy atom. The molecule has 154 valence electrons. The van der Waals surface area contributed by atoms with Gasteiger partial charge in [0.2, 0.25) is 0 Å². The SMILES string of the molecule is Cn1c2c(c(O)c(C3=NNC(=O)/C3=C\C3CNC4CCCCC34)c1=O)CCCC2. The lowest BCUT2D eigenvalue weighted by Gasteiger charge is -2.27. The van der Waals surface area contributed by atoms with Gasteiger partial charge in [-0.1, -0.05) is 18.9 Å². The summed E-state index contributed by atoms with van der Waals surface area (Å²) in [6.45, 7) is 0.841. The quantitative estimate of drug-likeness (QED) is 0.661. The highest BCUT2D eigenvalue weighted by molar-refractivity contribution is 6.31. The van der Waals surface area contributed by atoms with Crippen LogP contribution in [0.4, 0.5) is 0 Å². The van der Waals surface area contributed by atoms with Crippen LogP contribution < -0.4 is 16.3 Å². The minimum Gasteiger partial charge on any atom is -0.507 e. The van der Waals surface area contributed by atoms with Gasteiger partial charge in [-0.05, 0) is 50.4 Å². The number of amides is 1. The highest BCUT2D eigenvalue weighted by atomic mass is 16.3. The molecule has 2 aliphatic heterocycles. The number of hydrogen-bond acceptors (Lipinski definition) is 5. The fourth-order valence-corrected chi connectivity index (χ4v) is 5.71. The van der Waals surface area contributed by atoms with Gasteiger partial charge in [-0.2, -0.15) is 5.10 Å². The molecular weight excluding hydrogens is 368 g/mol. The zero-order valence-electron chi connectivity index (χ0n) is 16.8. The van der Waals surface area contributed by atoms with Crippen molar-refractivity contribution in [2.75, 3.05) is 6.54 Å². The molecule has 3 atom stereocenters. The number of hydrogen-bond donors (Lipinski definition) is 3. The number of aromatic hydroxyl groups is 1. The highest BCUT2D eigenvalue weighted by Gasteiger charge is 2.38. The van der Waals surface area contributed by atoms with E-state index in [-0.39, 0.29) is 28.7 Å². The second-order valence-corrected chi connectivity index (χ2v) is 8.83. The van der Waals surface area contributed by atoms with Crippen molar-refractivity contribution >= 4 is 11.6 Å². The molecule has 0 aromatic carbocycles. The van der Waals surface area contributed by atoms with Gasteiger partial charge in [-0.3, -0.25) is 9.59 Å². The molecule has 1 aromatic heterocycles. The fraction of sp³-hybridized carbons (Fsp3) is 0.591. The summed E-state index contributed by atoms with van der Waals surface area (Å²) in [5.41, 5.74) is 4.83. The lowest BCUT2D eigenvalue weighted by Crippen LogP contribution is -2.31. The van der Waals surface area contributed by atoms with Crippen LogP contribution in [0.15, 0.2) is 21.5 Å². The van der Waals surface area contributed by atoms with Gasteiger partial charge in [0.25, 0.3) is 11.5 Å². The van der Waals surface area contributed by atoms with E-state index < -0.39 is 0 Å². The van der Waals surface area contributed by atoms with Crippen molar-refractivity contribution in [3.8, 4) is 5.75 Å². The first-order valence-electron chi connectivity index (χ1n) is 10.8. The maximum atomic E-state index is 13.1. The zero-order chi connectivity index (χ0) is 20.1. The van der Waals surface area contributed by atoms with Crippen LogP contribution >= 0.6 is 0 Å². The first-order valence-corrected chi connectivity index (χ1v) is 10.8. The summed E-state index contributed by atoms with van der Waals surface area (Å²) in [4.78, 5) is 25.7. The standard InChI is InChI=1S/C22H28N4O3/c1-26-17-9-5-3-7-14(17)20(27)18(22(26)29)19-15(21(28)25-24-19)10-12-11-23-16-8-4-2-6-13(12)16/h10,12-13,16,23,27H,2-9,11H2,1H3,(H,25,28)/b15-10-. The molecule has 29 heavy (non-hydrogen) atoms. The van der Waals surface area contributed by atoms with Crippen molar-refractivity contribution < 1.29 is 9.90 Å². The average Bonchev–Trinajstić information content (AvgIpc) is 3.31. The summed E-state index contributed by atoms with van der Waals surface area (Å²) in [6, 6.07) is 0.514. The van der Waals surface area contributed by atoms with Crippen LogP contribution in [-0.4, -0.2) is 33.9 Å². The molecule has 0 bridgehead atoms. The van der Waals surface area contributed by atoms with Crippen LogP contribution in [0.3, 0.4) is 0 Å².